The van der Waals surface area contributed by atoms with Crippen LogP contribution in [0.5, 0.6) is 0 Å². The van der Waals surface area contributed by atoms with Crippen molar-refractivity contribution in [1.29, 1.82) is 0 Å². The Morgan fingerprint density at radius 3 is 1.17 bits per heavy atom. The average molecular weight is 435 g/mol. The molecule has 3 rings (SSSR count). The SMILES string of the molecule is CC([As](Cl)Cl)=P(c1ccccc1)(c1ccccc1)c1ccccc1. The van der Waals surface area contributed by atoms with Crippen molar-refractivity contribution < 1.29 is 0 Å². The van der Waals surface area contributed by atoms with E-state index in [0.29, 0.717) is 0 Å². The van der Waals surface area contributed by atoms with Crippen molar-refractivity contribution in [3.63, 3.8) is 0 Å². The van der Waals surface area contributed by atoms with Gasteiger partial charge in [0.1, 0.15) is 0 Å². The van der Waals surface area contributed by atoms with Crippen LogP contribution in [0.4, 0.5) is 0 Å². The molecule has 0 aliphatic rings. The fourth-order valence-corrected chi connectivity index (χ4v) is 14.3. The van der Waals surface area contributed by atoms with Crippen LogP contribution in [0.15, 0.2) is 91.0 Å². The number of hydrogen-bond donors (Lipinski definition) is 0. The Morgan fingerprint density at radius 1 is 0.625 bits per heavy atom. The van der Waals surface area contributed by atoms with Crippen LogP contribution in [0.25, 0.3) is 0 Å². The average Bonchev–Trinajstić information content (AvgIpc) is 2.65. The molecule has 0 heterocycles. The number of benzene rings is 3. The Bertz CT molecular complexity index is 743. The summed E-state index contributed by atoms with van der Waals surface area (Å²) < 4.78 is 1.25. The standard InChI is InChI=1S/C20H18AsCl2P/c1-17(21(22)23)24(18-11-5-2-6-12-18,19-13-7-3-8-14-19)20-15-9-4-10-16-20/h2-16H,1H3. The summed E-state index contributed by atoms with van der Waals surface area (Å²) in [6, 6.07) is 32.0. The molecule has 0 bridgehead atoms. The van der Waals surface area contributed by atoms with E-state index in [-0.39, 0.29) is 0 Å². The van der Waals surface area contributed by atoms with Gasteiger partial charge in [-0.2, -0.15) is 0 Å². The van der Waals surface area contributed by atoms with Crippen LogP contribution in [-0.2, 0) is 0 Å². The maximum absolute atomic E-state index is 6.56. The van der Waals surface area contributed by atoms with E-state index in [1.54, 1.807) is 0 Å². The molecule has 0 aliphatic carbocycles. The Balaban J connectivity index is 2.51. The molecule has 3 aromatic rings. The van der Waals surface area contributed by atoms with Gasteiger partial charge in [0.2, 0.25) is 0 Å². The van der Waals surface area contributed by atoms with Crippen molar-refractivity contribution in [1.82, 2.24) is 0 Å². The molecule has 0 saturated carbocycles. The second-order valence-corrected chi connectivity index (χ2v) is 16.6. The molecule has 0 unspecified atom stereocenters. The van der Waals surface area contributed by atoms with E-state index in [4.69, 9.17) is 19.9 Å². The molecule has 24 heavy (non-hydrogen) atoms. The summed E-state index contributed by atoms with van der Waals surface area (Å²) in [6.07, 6.45) is 0. The predicted molar refractivity (Wildman–Crippen MR) is 113 cm³/mol. The second kappa shape index (κ2) is 7.99. The Labute approximate surface area is 157 Å². The zero-order chi connectivity index (χ0) is 17.0. The molecular formula is C20H18AsCl2P. The van der Waals surface area contributed by atoms with Crippen molar-refractivity contribution in [3.05, 3.63) is 91.0 Å². The fraction of sp³-hybridized carbons (Fsp3) is 0.0500. The van der Waals surface area contributed by atoms with Crippen LogP contribution in [0.3, 0.4) is 0 Å². The van der Waals surface area contributed by atoms with Gasteiger partial charge in [-0.1, -0.05) is 0 Å². The molecule has 0 spiro atoms. The van der Waals surface area contributed by atoms with Crippen LogP contribution in [0.2, 0.25) is 0 Å². The molecular weight excluding hydrogens is 417 g/mol. The number of hydrogen-bond acceptors (Lipinski definition) is 0. The van der Waals surface area contributed by atoms with E-state index < -0.39 is 19.7 Å². The molecule has 0 aromatic heterocycles. The summed E-state index contributed by atoms with van der Waals surface area (Å²) >= 11 is -2.06. The normalized spacial score (nSPS) is 11.5. The minimum atomic E-state index is -2.06. The van der Waals surface area contributed by atoms with Crippen LogP contribution in [0.1, 0.15) is 6.92 Å². The first-order chi connectivity index (χ1) is 11.7. The van der Waals surface area contributed by atoms with Crippen LogP contribution in [0, 0.1) is 0 Å². The van der Waals surface area contributed by atoms with Gasteiger partial charge in [-0.15, -0.1) is 0 Å². The van der Waals surface area contributed by atoms with Crippen molar-refractivity contribution >= 4 is 59.5 Å². The first-order valence-electron chi connectivity index (χ1n) is 7.69. The first kappa shape index (κ1) is 17.9. The van der Waals surface area contributed by atoms with E-state index >= 15 is 0 Å². The number of halogens is 2. The van der Waals surface area contributed by atoms with Crippen molar-refractivity contribution in [2.45, 2.75) is 6.92 Å². The van der Waals surface area contributed by atoms with Gasteiger partial charge in [-0.25, -0.2) is 0 Å². The van der Waals surface area contributed by atoms with Crippen LogP contribution in [-0.4, -0.2) is 16.9 Å². The molecule has 122 valence electrons. The predicted octanol–water partition coefficient (Wildman–Crippen LogP) is 4.68. The zero-order valence-electron chi connectivity index (χ0n) is 13.3. The zero-order valence-corrected chi connectivity index (χ0v) is 17.6. The summed E-state index contributed by atoms with van der Waals surface area (Å²) in [5.74, 6) is 0. The van der Waals surface area contributed by atoms with E-state index in [9.17, 15) is 0 Å². The van der Waals surface area contributed by atoms with Gasteiger partial charge in [-0.05, 0) is 0 Å². The molecule has 0 fully saturated rings. The monoisotopic (exact) mass is 434 g/mol. The topological polar surface area (TPSA) is 0 Å². The molecule has 0 atom stereocenters. The maximum atomic E-state index is 6.56. The molecule has 0 amide bonds. The fourth-order valence-electron chi connectivity index (χ4n) is 3.08. The Morgan fingerprint density at radius 2 is 0.917 bits per heavy atom. The molecule has 0 nitrogen and oxygen atoms in total. The summed E-state index contributed by atoms with van der Waals surface area (Å²) in [6.45, 7) is 0.171. The van der Waals surface area contributed by atoms with Gasteiger partial charge < -0.3 is 0 Å². The third kappa shape index (κ3) is 3.26. The Hall–Kier alpha value is -0.902. The van der Waals surface area contributed by atoms with Crippen molar-refractivity contribution in [2.75, 3.05) is 0 Å². The quantitative estimate of drug-likeness (QED) is 0.413. The molecule has 0 N–H and O–H groups in total. The van der Waals surface area contributed by atoms with E-state index in [2.05, 4.69) is 97.9 Å². The van der Waals surface area contributed by atoms with Gasteiger partial charge in [0.25, 0.3) is 0 Å². The van der Waals surface area contributed by atoms with Gasteiger partial charge in [0.05, 0.1) is 0 Å². The van der Waals surface area contributed by atoms with Gasteiger partial charge in [0, 0.05) is 0 Å². The molecule has 0 saturated heterocycles. The van der Waals surface area contributed by atoms with Crippen molar-refractivity contribution in [2.24, 2.45) is 0 Å². The van der Waals surface area contributed by atoms with Gasteiger partial charge >= 0.3 is 157 Å². The third-order valence-corrected chi connectivity index (χ3v) is 16.2. The number of rotatable bonds is 4. The van der Waals surface area contributed by atoms with E-state index in [0.717, 1.165) is 0 Å². The Kier molecular flexibility index (Phi) is 5.96. The third-order valence-electron chi connectivity index (χ3n) is 4.16. The van der Waals surface area contributed by atoms with Crippen LogP contribution >= 0.6 is 26.8 Å². The summed E-state index contributed by atoms with van der Waals surface area (Å²) in [5.41, 5.74) is 0. The minimum absolute atomic E-state index is 1.25. The molecule has 0 aliphatic heterocycles. The van der Waals surface area contributed by atoms with Crippen LogP contribution < -0.4 is 15.9 Å². The van der Waals surface area contributed by atoms with Gasteiger partial charge in [0.15, 0.2) is 0 Å². The summed E-state index contributed by atoms with van der Waals surface area (Å²) in [7, 11) is 13.1. The molecule has 4 heteroatoms. The van der Waals surface area contributed by atoms with Gasteiger partial charge in [-0.3, -0.25) is 0 Å². The second-order valence-electron chi connectivity index (χ2n) is 5.46. The summed E-state index contributed by atoms with van der Waals surface area (Å²) in [4.78, 5) is 0. The molecule has 0 radical (unpaired) electrons. The summed E-state index contributed by atoms with van der Waals surface area (Å²) in [5, 5.41) is 3.92. The van der Waals surface area contributed by atoms with E-state index in [1.165, 1.54) is 20.0 Å². The molecule has 3 aromatic carbocycles. The van der Waals surface area contributed by atoms with Crippen molar-refractivity contribution in [3.8, 4) is 0 Å². The first-order valence-corrected chi connectivity index (χ1v) is 15.3. The van der Waals surface area contributed by atoms with E-state index in [1.807, 2.05) is 0 Å².